The molecular formula is C21H23N3O3. The number of hydrogen-bond donors (Lipinski definition) is 2. The van der Waals surface area contributed by atoms with Crippen LogP contribution in [0.25, 0.3) is 11.0 Å². The molecule has 1 aliphatic heterocycles. The van der Waals surface area contributed by atoms with Gasteiger partial charge in [0.2, 0.25) is 0 Å². The number of aryl methyl sites for hydroxylation is 1. The monoisotopic (exact) mass is 365 g/mol. The van der Waals surface area contributed by atoms with Crippen molar-refractivity contribution in [2.45, 2.75) is 44.1 Å². The van der Waals surface area contributed by atoms with Gasteiger partial charge >= 0.3 is 0 Å². The molecule has 5 atom stereocenters. The highest BCUT2D eigenvalue weighted by molar-refractivity contribution is 5.78. The topological polar surface area (TPSA) is 80.4 Å². The Morgan fingerprint density at radius 2 is 1.93 bits per heavy atom. The summed E-state index contributed by atoms with van der Waals surface area (Å²) in [4.78, 5) is 8.65. The molecule has 5 rings (SSSR count). The Morgan fingerprint density at radius 3 is 2.74 bits per heavy atom. The summed E-state index contributed by atoms with van der Waals surface area (Å²) in [6.07, 6.45) is 3.13. The molecule has 1 spiro atoms. The Kier molecular flexibility index (Phi) is 3.82. The molecule has 27 heavy (non-hydrogen) atoms. The summed E-state index contributed by atoms with van der Waals surface area (Å²) in [6, 6.07) is 11.8. The fraction of sp³-hybridized carbons (Fsp3) is 0.429. The molecule has 2 N–H and O–H groups in total. The van der Waals surface area contributed by atoms with Gasteiger partial charge in [-0.15, -0.1) is 0 Å². The molecule has 2 aliphatic rings. The average Bonchev–Trinajstić information content (AvgIpc) is 3.37. The number of nitrogens with zero attached hydrogens (tertiary/aromatic N) is 3. The van der Waals surface area contributed by atoms with Crippen LogP contribution in [0.15, 0.2) is 48.9 Å². The van der Waals surface area contributed by atoms with Gasteiger partial charge in [-0.3, -0.25) is 0 Å². The molecular weight excluding hydrogens is 342 g/mol. The van der Waals surface area contributed by atoms with E-state index in [4.69, 9.17) is 4.74 Å². The summed E-state index contributed by atoms with van der Waals surface area (Å²) in [5, 5.41) is 22.8. The highest BCUT2D eigenvalue weighted by atomic mass is 16.5. The Hall–Kier alpha value is -2.28. The Balaban J connectivity index is 1.47. The SMILES string of the molecule is Cc1ncnc2c1ccn2[C@@H]1C[C@@]2(CO[C@H](c3ccccc3)C2)[C@@H](O)[C@H]1O. The lowest BCUT2D eigenvalue weighted by atomic mass is 9.80. The molecule has 0 amide bonds. The molecule has 2 fully saturated rings. The van der Waals surface area contributed by atoms with E-state index in [1.807, 2.05) is 42.0 Å². The van der Waals surface area contributed by atoms with Crippen LogP contribution in [0.1, 0.15) is 36.2 Å². The van der Waals surface area contributed by atoms with Crippen LogP contribution in [0, 0.1) is 12.3 Å². The van der Waals surface area contributed by atoms with Crippen molar-refractivity contribution in [3.63, 3.8) is 0 Å². The molecule has 6 nitrogen and oxygen atoms in total. The number of aliphatic hydroxyl groups excluding tert-OH is 2. The maximum absolute atomic E-state index is 10.9. The second-order valence-electron chi connectivity index (χ2n) is 7.90. The van der Waals surface area contributed by atoms with Gasteiger partial charge < -0.3 is 19.5 Å². The van der Waals surface area contributed by atoms with Gasteiger partial charge in [0.25, 0.3) is 0 Å². The normalized spacial score (nSPS) is 33.3. The van der Waals surface area contributed by atoms with Gasteiger partial charge in [0.05, 0.1) is 30.6 Å². The number of rotatable bonds is 2. The number of benzene rings is 1. The summed E-state index contributed by atoms with van der Waals surface area (Å²) in [5.41, 5.74) is 2.39. The lowest BCUT2D eigenvalue weighted by Crippen LogP contribution is -2.37. The summed E-state index contributed by atoms with van der Waals surface area (Å²) in [7, 11) is 0. The van der Waals surface area contributed by atoms with Gasteiger partial charge in [0.15, 0.2) is 0 Å². The van der Waals surface area contributed by atoms with Gasteiger partial charge in [-0.05, 0) is 31.4 Å². The van der Waals surface area contributed by atoms with Crippen LogP contribution in [0.4, 0.5) is 0 Å². The Bertz CT molecular complexity index is 973. The number of fused-ring (bicyclic) bond motifs is 1. The van der Waals surface area contributed by atoms with Crippen LogP contribution in [-0.4, -0.2) is 43.6 Å². The zero-order valence-corrected chi connectivity index (χ0v) is 15.2. The molecule has 3 aromatic rings. The van der Waals surface area contributed by atoms with Gasteiger partial charge in [-0.25, -0.2) is 9.97 Å². The van der Waals surface area contributed by atoms with Crippen molar-refractivity contribution < 1.29 is 14.9 Å². The number of aliphatic hydroxyl groups is 2. The van der Waals surface area contributed by atoms with E-state index in [9.17, 15) is 10.2 Å². The second kappa shape index (κ2) is 6.12. The highest BCUT2D eigenvalue weighted by Crippen LogP contribution is 2.54. The van der Waals surface area contributed by atoms with E-state index < -0.39 is 17.6 Å². The standard InChI is InChI=1S/C21H23N3O3/c1-13-15-7-8-24(20(15)23-12-22-13)16-9-21(19(26)18(16)25)10-17(27-11-21)14-5-3-2-4-6-14/h2-8,12,16-19,25-26H,9-11H2,1H3/t16-,17+,18+,19+,21-/m1/s1. The van der Waals surface area contributed by atoms with Crippen molar-refractivity contribution in [1.82, 2.24) is 14.5 Å². The first kappa shape index (κ1) is 16.9. The van der Waals surface area contributed by atoms with Crippen LogP contribution in [-0.2, 0) is 4.74 Å². The number of hydrogen-bond acceptors (Lipinski definition) is 5. The van der Waals surface area contributed by atoms with Crippen molar-refractivity contribution in [2.24, 2.45) is 5.41 Å². The van der Waals surface area contributed by atoms with Gasteiger partial charge in [0, 0.05) is 17.0 Å². The summed E-state index contributed by atoms with van der Waals surface area (Å²) < 4.78 is 8.05. The predicted octanol–water partition coefficient (Wildman–Crippen LogP) is 2.55. The third-order valence-electron chi connectivity index (χ3n) is 6.36. The minimum Gasteiger partial charge on any atom is -0.390 e. The van der Waals surface area contributed by atoms with Crippen LogP contribution in [0.2, 0.25) is 0 Å². The van der Waals surface area contributed by atoms with Gasteiger partial charge in [0.1, 0.15) is 18.1 Å². The van der Waals surface area contributed by atoms with E-state index in [1.165, 1.54) is 0 Å². The molecule has 0 radical (unpaired) electrons. The first-order valence-corrected chi connectivity index (χ1v) is 9.40. The van der Waals surface area contributed by atoms with Gasteiger partial charge in [-0.1, -0.05) is 30.3 Å². The lowest BCUT2D eigenvalue weighted by molar-refractivity contribution is -0.0309. The second-order valence-corrected chi connectivity index (χ2v) is 7.90. The van der Waals surface area contributed by atoms with E-state index in [-0.39, 0.29) is 12.1 Å². The molecule has 1 saturated heterocycles. The van der Waals surface area contributed by atoms with E-state index in [0.29, 0.717) is 19.4 Å². The minimum absolute atomic E-state index is 0.0437. The van der Waals surface area contributed by atoms with Crippen molar-refractivity contribution in [3.8, 4) is 0 Å². The zero-order valence-electron chi connectivity index (χ0n) is 15.2. The van der Waals surface area contributed by atoms with E-state index >= 15 is 0 Å². The van der Waals surface area contributed by atoms with E-state index in [2.05, 4.69) is 22.1 Å². The smallest absolute Gasteiger partial charge is 0.143 e. The third kappa shape index (κ3) is 2.51. The van der Waals surface area contributed by atoms with Crippen molar-refractivity contribution in [1.29, 1.82) is 0 Å². The zero-order chi connectivity index (χ0) is 18.6. The van der Waals surface area contributed by atoms with Crippen LogP contribution in [0.5, 0.6) is 0 Å². The third-order valence-corrected chi connectivity index (χ3v) is 6.36. The molecule has 6 heteroatoms. The molecule has 1 aromatic carbocycles. The highest BCUT2D eigenvalue weighted by Gasteiger charge is 2.57. The summed E-state index contributed by atoms with van der Waals surface area (Å²) in [5.74, 6) is 0. The molecule has 2 aromatic heterocycles. The average molecular weight is 365 g/mol. The fourth-order valence-corrected chi connectivity index (χ4v) is 4.84. The minimum atomic E-state index is -0.853. The Morgan fingerprint density at radius 1 is 1.11 bits per heavy atom. The molecule has 140 valence electrons. The van der Waals surface area contributed by atoms with E-state index in [0.717, 1.165) is 22.3 Å². The van der Waals surface area contributed by atoms with Crippen molar-refractivity contribution in [2.75, 3.05) is 6.61 Å². The van der Waals surface area contributed by atoms with Crippen LogP contribution < -0.4 is 0 Å². The Labute approximate surface area is 157 Å². The van der Waals surface area contributed by atoms with Gasteiger partial charge in [-0.2, -0.15) is 0 Å². The van der Waals surface area contributed by atoms with Crippen molar-refractivity contribution in [3.05, 3.63) is 60.2 Å². The summed E-state index contributed by atoms with van der Waals surface area (Å²) in [6.45, 7) is 2.40. The maximum atomic E-state index is 10.9. The molecule has 1 saturated carbocycles. The first-order valence-electron chi connectivity index (χ1n) is 9.40. The molecule has 0 unspecified atom stereocenters. The van der Waals surface area contributed by atoms with Crippen LogP contribution in [0.3, 0.4) is 0 Å². The maximum Gasteiger partial charge on any atom is 0.143 e. The molecule has 0 bridgehead atoms. The lowest BCUT2D eigenvalue weighted by Gasteiger charge is -2.26. The first-order chi connectivity index (χ1) is 13.1. The van der Waals surface area contributed by atoms with Crippen molar-refractivity contribution >= 4 is 11.0 Å². The van der Waals surface area contributed by atoms with E-state index in [1.54, 1.807) is 6.33 Å². The largest absolute Gasteiger partial charge is 0.390 e. The predicted molar refractivity (Wildman–Crippen MR) is 100 cm³/mol. The molecule has 1 aliphatic carbocycles. The number of ether oxygens (including phenoxy) is 1. The summed E-state index contributed by atoms with van der Waals surface area (Å²) >= 11 is 0. The number of aromatic nitrogens is 3. The van der Waals surface area contributed by atoms with Crippen LogP contribution >= 0.6 is 0 Å². The molecule has 3 heterocycles. The fourth-order valence-electron chi connectivity index (χ4n) is 4.84. The quantitative estimate of drug-likeness (QED) is 0.730.